The Hall–Kier alpha value is -0.910. The first-order valence-corrected chi connectivity index (χ1v) is 10.8. The van der Waals surface area contributed by atoms with Crippen molar-refractivity contribution in [3.8, 4) is 6.07 Å². The van der Waals surface area contributed by atoms with E-state index < -0.39 is 5.97 Å². The highest BCUT2D eigenvalue weighted by atomic mass is 33.1. The van der Waals surface area contributed by atoms with E-state index >= 15 is 0 Å². The number of rotatable bonds is 10. The monoisotopic (exact) mass is 406 g/mol. The Bertz CT molecular complexity index is 426. The number of hydrogen-bond acceptors (Lipinski definition) is 7. The summed E-state index contributed by atoms with van der Waals surface area (Å²) >= 11 is 0. The van der Waals surface area contributed by atoms with Crippen LogP contribution in [-0.2, 0) is 19.1 Å². The lowest BCUT2D eigenvalue weighted by Gasteiger charge is -2.19. The van der Waals surface area contributed by atoms with E-state index in [1.165, 1.54) is 0 Å². The summed E-state index contributed by atoms with van der Waals surface area (Å²) in [6.45, 7) is 13.5. The molecule has 0 saturated carbocycles. The molecule has 0 saturated heterocycles. The molecule has 152 valence electrons. The highest BCUT2D eigenvalue weighted by Crippen LogP contribution is 2.34. The molecular formula is C18H34N2O4S2. The number of amides is 1. The van der Waals surface area contributed by atoms with Gasteiger partial charge in [-0.3, -0.25) is 9.59 Å². The van der Waals surface area contributed by atoms with Crippen molar-refractivity contribution in [1.29, 1.82) is 5.26 Å². The third kappa shape index (κ3) is 23.1. The van der Waals surface area contributed by atoms with Crippen LogP contribution >= 0.6 is 21.6 Å². The highest BCUT2D eigenvalue weighted by Gasteiger charge is 2.11. The molecule has 0 heterocycles. The minimum atomic E-state index is -0.393. The normalized spacial score (nSPS) is 11.0. The Balaban J connectivity index is 0. The lowest BCUT2D eigenvalue weighted by atomic mass is 10.2. The van der Waals surface area contributed by atoms with Crippen molar-refractivity contribution in [2.75, 3.05) is 32.6 Å². The summed E-state index contributed by atoms with van der Waals surface area (Å²) in [6, 6.07) is 1.74. The van der Waals surface area contributed by atoms with Crippen molar-refractivity contribution in [2.24, 2.45) is 0 Å². The predicted octanol–water partition coefficient (Wildman–Crippen LogP) is 3.90. The smallest absolute Gasteiger partial charge is 0.306 e. The summed E-state index contributed by atoms with van der Waals surface area (Å²) in [7, 11) is 5.24. The van der Waals surface area contributed by atoms with Gasteiger partial charge in [-0.15, -0.1) is 0 Å². The molecule has 0 atom stereocenters. The van der Waals surface area contributed by atoms with Gasteiger partial charge in [0.25, 0.3) is 0 Å². The fourth-order valence-electron chi connectivity index (χ4n) is 1.20. The molecule has 0 rings (SSSR count). The van der Waals surface area contributed by atoms with Gasteiger partial charge in [-0.25, -0.2) is 0 Å². The van der Waals surface area contributed by atoms with E-state index in [0.29, 0.717) is 19.5 Å². The van der Waals surface area contributed by atoms with Crippen molar-refractivity contribution >= 4 is 34.0 Å². The molecule has 1 amide bonds. The van der Waals surface area contributed by atoms with Crippen molar-refractivity contribution in [2.45, 2.75) is 64.7 Å². The summed E-state index contributed by atoms with van der Waals surface area (Å²) in [5.41, 5.74) is 0.0417. The zero-order chi connectivity index (χ0) is 20.6. The van der Waals surface area contributed by atoms with Gasteiger partial charge in [-0.1, -0.05) is 42.4 Å². The number of carbonyl (C=O) groups excluding carboxylic acids is 2. The van der Waals surface area contributed by atoms with E-state index in [1.807, 2.05) is 20.8 Å². The van der Waals surface area contributed by atoms with E-state index in [-0.39, 0.29) is 23.4 Å². The number of ether oxygens (including phenoxy) is 2. The molecule has 0 unspecified atom stereocenters. The Morgan fingerprint density at radius 2 is 1.77 bits per heavy atom. The third-order valence-corrected chi connectivity index (χ3v) is 5.98. The second kappa shape index (κ2) is 15.2. The molecule has 0 spiro atoms. The van der Waals surface area contributed by atoms with Gasteiger partial charge >= 0.3 is 5.97 Å². The van der Waals surface area contributed by atoms with Crippen LogP contribution in [0.4, 0.5) is 0 Å². The molecular weight excluding hydrogens is 372 g/mol. The Morgan fingerprint density at radius 3 is 2.19 bits per heavy atom. The minimum Gasteiger partial charge on any atom is -0.450 e. The highest BCUT2D eigenvalue weighted by molar-refractivity contribution is 8.77. The molecule has 0 aliphatic heterocycles. The van der Waals surface area contributed by atoms with Gasteiger partial charge in [0, 0.05) is 37.1 Å². The topological polar surface area (TPSA) is 79.6 Å². The van der Waals surface area contributed by atoms with Crippen LogP contribution in [0.5, 0.6) is 0 Å². The minimum absolute atomic E-state index is 0.0417. The fraction of sp³-hybridized carbons (Fsp3) is 0.833. The van der Waals surface area contributed by atoms with Gasteiger partial charge in [0.15, 0.2) is 6.61 Å². The van der Waals surface area contributed by atoms with Crippen molar-refractivity contribution in [1.82, 2.24) is 4.90 Å². The molecule has 0 aromatic heterocycles. The third-order valence-electron chi connectivity index (χ3n) is 2.66. The maximum absolute atomic E-state index is 11.2. The molecule has 0 aliphatic rings. The van der Waals surface area contributed by atoms with Gasteiger partial charge < -0.3 is 14.4 Å². The molecule has 0 aliphatic carbocycles. The zero-order valence-corrected chi connectivity index (χ0v) is 18.8. The fourth-order valence-corrected chi connectivity index (χ4v) is 3.48. The van der Waals surface area contributed by atoms with Crippen LogP contribution in [0.3, 0.4) is 0 Å². The molecule has 0 radical (unpaired) electrons. The van der Waals surface area contributed by atoms with Crippen LogP contribution in [0.15, 0.2) is 0 Å². The number of hydrogen-bond donors (Lipinski definition) is 0. The number of methoxy groups -OCH3 is 1. The van der Waals surface area contributed by atoms with Crippen LogP contribution in [0.1, 0.15) is 54.4 Å². The van der Waals surface area contributed by atoms with Crippen LogP contribution < -0.4 is 0 Å². The van der Waals surface area contributed by atoms with Crippen LogP contribution in [0, 0.1) is 11.3 Å². The molecule has 26 heavy (non-hydrogen) atoms. The van der Waals surface area contributed by atoms with Gasteiger partial charge in [-0.2, -0.15) is 5.26 Å². The van der Waals surface area contributed by atoms with E-state index in [4.69, 9.17) is 10.00 Å². The Kier molecular flexibility index (Phi) is 15.9. The van der Waals surface area contributed by atoms with E-state index in [1.54, 1.807) is 39.7 Å². The maximum Gasteiger partial charge on any atom is 0.306 e. The molecule has 0 aromatic carbocycles. The molecule has 6 nitrogen and oxygen atoms in total. The first kappa shape index (κ1) is 27.3. The molecule has 0 bridgehead atoms. The summed E-state index contributed by atoms with van der Waals surface area (Å²) in [6.07, 6.45) is 1.60. The lowest BCUT2D eigenvalue weighted by molar-refractivity contribution is -0.142. The second-order valence-electron chi connectivity index (χ2n) is 7.40. The quantitative estimate of drug-likeness (QED) is 0.235. The largest absolute Gasteiger partial charge is 0.450 e. The second-order valence-corrected chi connectivity index (χ2v) is 10.6. The van der Waals surface area contributed by atoms with Gasteiger partial charge in [0.1, 0.15) is 6.07 Å². The van der Waals surface area contributed by atoms with Crippen LogP contribution in [0.25, 0.3) is 0 Å². The molecule has 8 heteroatoms. The number of nitriles is 1. The van der Waals surface area contributed by atoms with Crippen molar-refractivity contribution in [3.05, 3.63) is 0 Å². The Labute approximate surface area is 166 Å². The molecule has 0 aromatic rings. The summed E-state index contributed by atoms with van der Waals surface area (Å²) in [5, 5.41) is 8.26. The number of carbonyl (C=O) groups is 2. The maximum atomic E-state index is 11.2. The van der Waals surface area contributed by atoms with Gasteiger partial charge in [0.05, 0.1) is 5.60 Å². The van der Waals surface area contributed by atoms with Crippen molar-refractivity contribution in [3.63, 3.8) is 0 Å². The summed E-state index contributed by atoms with van der Waals surface area (Å²) in [5.74, 6) is 0.467. The zero-order valence-electron chi connectivity index (χ0n) is 17.2. The van der Waals surface area contributed by atoms with E-state index in [2.05, 4.69) is 25.5 Å². The number of nitrogens with zero attached hydrogens (tertiary/aromatic N) is 2. The number of esters is 1. The molecule has 0 N–H and O–H groups in total. The van der Waals surface area contributed by atoms with E-state index in [0.717, 1.165) is 12.2 Å². The SMILES string of the molecule is CC(C)(C)SSCCN(C=O)CCCC(=O)OCC#N.COC(C)(C)C. The average Bonchev–Trinajstić information content (AvgIpc) is 2.54. The standard InChI is InChI=1S/C13H22N2O3S2.C5H12O/c1-13(2,3)20-19-10-8-15(11-16)7-4-5-12(17)18-9-6-14;1-5(2,3)6-4/h11H,4-5,7-10H2,1-3H3;1-4H3. The van der Waals surface area contributed by atoms with Gasteiger partial charge in [0.2, 0.25) is 6.41 Å². The Morgan fingerprint density at radius 1 is 1.19 bits per heavy atom. The molecule has 0 fully saturated rings. The average molecular weight is 407 g/mol. The first-order chi connectivity index (χ1) is 11.9. The van der Waals surface area contributed by atoms with Crippen molar-refractivity contribution < 1.29 is 19.1 Å². The lowest BCUT2D eigenvalue weighted by Crippen LogP contribution is -2.26. The summed E-state index contributed by atoms with van der Waals surface area (Å²) < 4.78 is 9.78. The van der Waals surface area contributed by atoms with Crippen LogP contribution in [-0.4, -0.2) is 60.2 Å². The van der Waals surface area contributed by atoms with Crippen LogP contribution in [0.2, 0.25) is 0 Å². The first-order valence-electron chi connectivity index (χ1n) is 8.53. The predicted molar refractivity (Wildman–Crippen MR) is 110 cm³/mol. The summed E-state index contributed by atoms with van der Waals surface area (Å²) in [4.78, 5) is 23.7. The van der Waals surface area contributed by atoms with Gasteiger partial charge in [-0.05, 0) is 27.2 Å². The van der Waals surface area contributed by atoms with E-state index in [9.17, 15) is 9.59 Å².